The zero-order valence-electron chi connectivity index (χ0n) is 10.5. The molecule has 100 valence electrons. The molecule has 0 unspecified atom stereocenters. The molecule has 3 rings (SSSR count). The minimum atomic E-state index is -0.691. The minimum absolute atomic E-state index is 0.159. The lowest BCUT2D eigenvalue weighted by atomic mass is 10.1. The Balaban J connectivity index is 2.26. The summed E-state index contributed by atoms with van der Waals surface area (Å²) in [6.07, 6.45) is 0. The van der Waals surface area contributed by atoms with Gasteiger partial charge in [0.05, 0.1) is 16.8 Å². The number of fused-ring (bicyclic) bond motifs is 1. The number of hydrogen-bond acceptors (Lipinski definition) is 3. The first kappa shape index (κ1) is 12.6. The van der Waals surface area contributed by atoms with Gasteiger partial charge in [0.1, 0.15) is 11.6 Å². The van der Waals surface area contributed by atoms with E-state index >= 15 is 0 Å². The molecule has 3 aromatic rings. The zero-order valence-corrected chi connectivity index (χ0v) is 10.5. The fourth-order valence-electron chi connectivity index (χ4n) is 2.09. The number of nitrogens with two attached hydrogens (primary N) is 1. The van der Waals surface area contributed by atoms with Gasteiger partial charge >= 0.3 is 0 Å². The van der Waals surface area contributed by atoms with Crippen molar-refractivity contribution in [1.29, 1.82) is 0 Å². The monoisotopic (exact) mass is 271 g/mol. The van der Waals surface area contributed by atoms with Crippen LogP contribution in [0.1, 0.15) is 5.69 Å². The smallest absolute Gasteiger partial charge is 0.163 e. The largest absolute Gasteiger partial charge is 0.325 e. The molecule has 0 saturated carbocycles. The van der Waals surface area contributed by atoms with Crippen molar-refractivity contribution in [3.05, 3.63) is 59.8 Å². The highest BCUT2D eigenvalue weighted by Crippen LogP contribution is 2.24. The maximum absolute atomic E-state index is 13.8. The van der Waals surface area contributed by atoms with Gasteiger partial charge in [-0.2, -0.15) is 0 Å². The summed E-state index contributed by atoms with van der Waals surface area (Å²) in [5.41, 5.74) is 7.16. The van der Waals surface area contributed by atoms with E-state index in [0.29, 0.717) is 11.2 Å². The molecule has 0 aliphatic rings. The van der Waals surface area contributed by atoms with Crippen LogP contribution in [0, 0.1) is 11.6 Å². The number of para-hydroxylation sites is 1. The summed E-state index contributed by atoms with van der Waals surface area (Å²) in [4.78, 5) is 8.60. The lowest BCUT2D eigenvalue weighted by molar-refractivity contribution is 0.585. The number of halogens is 2. The van der Waals surface area contributed by atoms with Crippen LogP contribution in [0.25, 0.3) is 22.3 Å². The second-order valence-electron chi connectivity index (χ2n) is 4.34. The van der Waals surface area contributed by atoms with Crippen molar-refractivity contribution >= 4 is 10.9 Å². The van der Waals surface area contributed by atoms with Crippen LogP contribution in [0.4, 0.5) is 8.78 Å². The predicted octanol–water partition coefficient (Wildman–Crippen LogP) is 3.03. The van der Waals surface area contributed by atoms with Gasteiger partial charge in [-0.15, -0.1) is 0 Å². The Kier molecular flexibility index (Phi) is 3.12. The number of aromatic nitrogens is 2. The number of hydrogen-bond donors (Lipinski definition) is 1. The summed E-state index contributed by atoms with van der Waals surface area (Å²) in [7, 11) is 0. The van der Waals surface area contributed by atoms with E-state index < -0.39 is 11.6 Å². The summed E-state index contributed by atoms with van der Waals surface area (Å²) in [5, 5.41) is 0.835. The summed E-state index contributed by atoms with van der Waals surface area (Å²) in [6.45, 7) is 0.221. The molecule has 0 amide bonds. The van der Waals surface area contributed by atoms with E-state index in [9.17, 15) is 8.78 Å². The third kappa shape index (κ3) is 2.12. The van der Waals surface area contributed by atoms with E-state index in [2.05, 4.69) is 9.97 Å². The van der Waals surface area contributed by atoms with E-state index in [1.807, 2.05) is 18.2 Å². The third-order valence-corrected chi connectivity index (χ3v) is 3.05. The molecular weight excluding hydrogens is 260 g/mol. The maximum Gasteiger partial charge on any atom is 0.163 e. The SMILES string of the molecule is NCc1nc(-c2ccc(F)cc2F)nc2ccccc12. The van der Waals surface area contributed by atoms with E-state index in [1.165, 1.54) is 12.1 Å². The zero-order chi connectivity index (χ0) is 14.1. The van der Waals surface area contributed by atoms with Crippen LogP contribution in [0.3, 0.4) is 0 Å². The molecule has 5 heteroatoms. The number of rotatable bonds is 2. The molecule has 2 N–H and O–H groups in total. The Hall–Kier alpha value is -2.40. The molecule has 0 fully saturated rings. The van der Waals surface area contributed by atoms with Crippen molar-refractivity contribution in [3.63, 3.8) is 0 Å². The van der Waals surface area contributed by atoms with E-state index in [-0.39, 0.29) is 17.9 Å². The van der Waals surface area contributed by atoms with Crippen LogP contribution in [-0.4, -0.2) is 9.97 Å². The van der Waals surface area contributed by atoms with Crippen LogP contribution in [-0.2, 0) is 6.54 Å². The molecule has 1 aromatic heterocycles. The molecule has 3 nitrogen and oxygen atoms in total. The Morgan fingerprint density at radius 1 is 1.00 bits per heavy atom. The Labute approximate surface area is 114 Å². The van der Waals surface area contributed by atoms with Crippen LogP contribution >= 0.6 is 0 Å². The molecule has 1 heterocycles. The summed E-state index contributed by atoms with van der Waals surface area (Å²) in [5.74, 6) is -1.11. The highest BCUT2D eigenvalue weighted by atomic mass is 19.1. The summed E-state index contributed by atoms with van der Waals surface area (Å²) >= 11 is 0. The van der Waals surface area contributed by atoms with Crippen LogP contribution in [0.2, 0.25) is 0 Å². The first-order valence-electron chi connectivity index (χ1n) is 6.10. The summed E-state index contributed by atoms with van der Waals surface area (Å²) < 4.78 is 26.8. The lowest BCUT2D eigenvalue weighted by Gasteiger charge is -2.08. The Morgan fingerprint density at radius 3 is 2.55 bits per heavy atom. The molecule has 0 radical (unpaired) electrons. The number of benzene rings is 2. The second-order valence-corrected chi connectivity index (χ2v) is 4.34. The van der Waals surface area contributed by atoms with Gasteiger partial charge in [0.15, 0.2) is 5.82 Å². The molecule has 20 heavy (non-hydrogen) atoms. The Bertz CT molecular complexity index is 787. The van der Waals surface area contributed by atoms with Crippen LogP contribution in [0.5, 0.6) is 0 Å². The molecule has 0 spiro atoms. The summed E-state index contributed by atoms with van der Waals surface area (Å²) in [6, 6.07) is 10.7. The van der Waals surface area contributed by atoms with E-state index in [1.54, 1.807) is 6.07 Å². The Morgan fingerprint density at radius 2 is 1.80 bits per heavy atom. The molecule has 2 aromatic carbocycles. The highest BCUT2D eigenvalue weighted by Gasteiger charge is 2.12. The van der Waals surface area contributed by atoms with Gasteiger partial charge in [-0.25, -0.2) is 18.7 Å². The van der Waals surface area contributed by atoms with Gasteiger partial charge in [-0.05, 0) is 18.2 Å². The lowest BCUT2D eigenvalue weighted by Crippen LogP contribution is -2.04. The predicted molar refractivity (Wildman–Crippen MR) is 72.8 cm³/mol. The maximum atomic E-state index is 13.8. The van der Waals surface area contributed by atoms with E-state index in [0.717, 1.165) is 11.5 Å². The molecular formula is C15H11F2N3. The molecule has 0 aliphatic heterocycles. The first-order chi connectivity index (χ1) is 9.69. The molecule has 0 bridgehead atoms. The average Bonchev–Trinajstić information content (AvgIpc) is 2.46. The van der Waals surface area contributed by atoms with Gasteiger partial charge in [0.25, 0.3) is 0 Å². The standard InChI is InChI=1S/C15H11F2N3/c16-9-5-6-10(12(17)7-9)15-19-13-4-2-1-3-11(13)14(8-18)20-15/h1-7H,8,18H2. The molecule has 0 saturated heterocycles. The van der Waals surface area contributed by atoms with E-state index in [4.69, 9.17) is 5.73 Å². The van der Waals surface area contributed by atoms with Gasteiger partial charge in [-0.3, -0.25) is 0 Å². The van der Waals surface area contributed by atoms with Crippen molar-refractivity contribution in [2.24, 2.45) is 5.73 Å². The molecule has 0 atom stereocenters. The van der Waals surface area contributed by atoms with Gasteiger partial charge < -0.3 is 5.73 Å². The fraction of sp³-hybridized carbons (Fsp3) is 0.0667. The normalized spacial score (nSPS) is 10.9. The second kappa shape index (κ2) is 4.94. The van der Waals surface area contributed by atoms with Gasteiger partial charge in [0.2, 0.25) is 0 Å². The van der Waals surface area contributed by atoms with Crippen molar-refractivity contribution in [3.8, 4) is 11.4 Å². The van der Waals surface area contributed by atoms with Gasteiger partial charge in [-0.1, -0.05) is 18.2 Å². The minimum Gasteiger partial charge on any atom is -0.325 e. The van der Waals surface area contributed by atoms with Crippen LogP contribution in [0.15, 0.2) is 42.5 Å². The van der Waals surface area contributed by atoms with Crippen molar-refractivity contribution in [2.75, 3.05) is 0 Å². The van der Waals surface area contributed by atoms with Crippen molar-refractivity contribution in [1.82, 2.24) is 9.97 Å². The highest BCUT2D eigenvalue weighted by molar-refractivity contribution is 5.82. The topological polar surface area (TPSA) is 51.8 Å². The van der Waals surface area contributed by atoms with Crippen molar-refractivity contribution in [2.45, 2.75) is 6.54 Å². The third-order valence-electron chi connectivity index (χ3n) is 3.05. The number of nitrogens with zero attached hydrogens (tertiary/aromatic N) is 2. The first-order valence-corrected chi connectivity index (χ1v) is 6.10. The van der Waals surface area contributed by atoms with Gasteiger partial charge in [0, 0.05) is 18.0 Å². The quantitative estimate of drug-likeness (QED) is 0.779. The molecule has 0 aliphatic carbocycles. The average molecular weight is 271 g/mol. The van der Waals surface area contributed by atoms with Crippen molar-refractivity contribution < 1.29 is 8.78 Å². The van der Waals surface area contributed by atoms with Crippen LogP contribution < -0.4 is 5.73 Å². The fourth-order valence-corrected chi connectivity index (χ4v) is 2.09.